The van der Waals surface area contributed by atoms with Gasteiger partial charge in [-0.2, -0.15) is 0 Å². The zero-order valence-corrected chi connectivity index (χ0v) is 9.88. The third kappa shape index (κ3) is 3.90. The van der Waals surface area contributed by atoms with Crippen molar-refractivity contribution in [2.24, 2.45) is 5.92 Å². The van der Waals surface area contributed by atoms with Gasteiger partial charge in [0.2, 0.25) is 0 Å². The van der Waals surface area contributed by atoms with Crippen molar-refractivity contribution in [1.82, 2.24) is 0 Å². The Labute approximate surface area is 91.3 Å². The lowest BCUT2D eigenvalue weighted by Crippen LogP contribution is -2.10. The van der Waals surface area contributed by atoms with E-state index < -0.39 is 5.67 Å². The normalized spacial score (nSPS) is 11.9. The van der Waals surface area contributed by atoms with Crippen LogP contribution in [-0.4, -0.2) is 6.61 Å². The first-order valence-electron chi connectivity index (χ1n) is 5.32. The van der Waals surface area contributed by atoms with Gasteiger partial charge in [0.1, 0.15) is 11.4 Å². The molecule has 0 unspecified atom stereocenters. The minimum absolute atomic E-state index is 0.479. The highest BCUT2D eigenvalue weighted by molar-refractivity contribution is 5.31. The minimum Gasteiger partial charge on any atom is -0.493 e. The molecule has 1 aromatic carbocycles. The van der Waals surface area contributed by atoms with Crippen LogP contribution in [0.15, 0.2) is 24.3 Å². The van der Waals surface area contributed by atoms with Crippen LogP contribution in [0, 0.1) is 5.92 Å². The fourth-order valence-electron chi connectivity index (χ4n) is 1.22. The number of benzene rings is 1. The zero-order valence-electron chi connectivity index (χ0n) is 9.88. The molecule has 1 nitrogen and oxygen atoms in total. The molecule has 0 spiro atoms. The summed E-state index contributed by atoms with van der Waals surface area (Å²) in [5, 5.41) is 0. The Balaban J connectivity index is 2.75. The summed E-state index contributed by atoms with van der Waals surface area (Å²) in [5.41, 5.74) is -0.652. The van der Waals surface area contributed by atoms with Crippen molar-refractivity contribution in [3.63, 3.8) is 0 Å². The highest BCUT2D eigenvalue weighted by Crippen LogP contribution is 2.27. The summed E-state index contributed by atoms with van der Waals surface area (Å²) in [5.74, 6) is 1.22. The molecule has 0 bridgehead atoms. The molecule has 15 heavy (non-hydrogen) atoms. The highest BCUT2D eigenvalue weighted by atomic mass is 19.1. The number of rotatable bonds is 4. The molecule has 0 amide bonds. The maximum Gasteiger partial charge on any atom is 0.130 e. The van der Waals surface area contributed by atoms with E-state index in [1.54, 1.807) is 26.0 Å². The molecule has 1 rings (SSSR count). The quantitative estimate of drug-likeness (QED) is 0.731. The van der Waals surface area contributed by atoms with Gasteiger partial charge in [0, 0.05) is 0 Å². The summed E-state index contributed by atoms with van der Waals surface area (Å²) >= 11 is 0. The summed E-state index contributed by atoms with van der Waals surface area (Å²) < 4.78 is 19.2. The standard InChI is InChI=1S/C13H19FO/c1-10(2)9-15-12-7-5-6-11(8-12)13(3,4)14/h5-8,10H,9H2,1-4H3. The zero-order chi connectivity index (χ0) is 11.5. The van der Waals surface area contributed by atoms with Gasteiger partial charge in [-0.15, -0.1) is 0 Å². The molecule has 0 aliphatic carbocycles. The molecule has 0 radical (unpaired) electrons. The Morgan fingerprint density at radius 1 is 1.33 bits per heavy atom. The first-order chi connectivity index (χ1) is 6.89. The lowest BCUT2D eigenvalue weighted by atomic mass is 10.0. The van der Waals surface area contributed by atoms with E-state index in [2.05, 4.69) is 13.8 Å². The number of alkyl halides is 1. The summed E-state index contributed by atoms with van der Waals surface area (Å²) in [6, 6.07) is 7.23. The summed E-state index contributed by atoms with van der Waals surface area (Å²) in [7, 11) is 0. The minimum atomic E-state index is -1.31. The lowest BCUT2D eigenvalue weighted by Gasteiger charge is -2.16. The van der Waals surface area contributed by atoms with Crippen LogP contribution in [0.5, 0.6) is 5.75 Å². The molecule has 1 aromatic rings. The van der Waals surface area contributed by atoms with Gasteiger partial charge in [-0.25, -0.2) is 4.39 Å². The number of ether oxygens (including phenoxy) is 1. The predicted octanol–water partition coefficient (Wildman–Crippen LogP) is 3.93. The van der Waals surface area contributed by atoms with E-state index >= 15 is 0 Å². The van der Waals surface area contributed by atoms with Gasteiger partial charge in [0.15, 0.2) is 0 Å². The average Bonchev–Trinajstić information content (AvgIpc) is 2.14. The van der Waals surface area contributed by atoms with E-state index in [0.29, 0.717) is 18.1 Å². The Bertz CT molecular complexity index is 313. The largest absolute Gasteiger partial charge is 0.493 e. The monoisotopic (exact) mass is 210 g/mol. The second-order valence-electron chi connectivity index (χ2n) is 4.71. The molecule has 2 heteroatoms. The van der Waals surface area contributed by atoms with Crippen molar-refractivity contribution < 1.29 is 9.13 Å². The molecular weight excluding hydrogens is 191 g/mol. The Kier molecular flexibility index (Phi) is 3.72. The molecule has 0 saturated heterocycles. The van der Waals surface area contributed by atoms with E-state index in [9.17, 15) is 4.39 Å². The molecule has 0 heterocycles. The second-order valence-corrected chi connectivity index (χ2v) is 4.71. The average molecular weight is 210 g/mol. The van der Waals surface area contributed by atoms with Crippen molar-refractivity contribution in [1.29, 1.82) is 0 Å². The van der Waals surface area contributed by atoms with Gasteiger partial charge in [0.25, 0.3) is 0 Å². The van der Waals surface area contributed by atoms with Gasteiger partial charge in [-0.05, 0) is 37.5 Å². The molecule has 0 atom stereocenters. The molecule has 0 fully saturated rings. The fourth-order valence-corrected chi connectivity index (χ4v) is 1.22. The first kappa shape index (κ1) is 12.0. The van der Waals surface area contributed by atoms with Gasteiger partial charge in [0.05, 0.1) is 6.61 Å². The van der Waals surface area contributed by atoms with Crippen LogP contribution in [-0.2, 0) is 5.67 Å². The predicted molar refractivity (Wildman–Crippen MR) is 60.9 cm³/mol. The summed E-state index contributed by atoms with van der Waals surface area (Å²) in [6.07, 6.45) is 0. The van der Waals surface area contributed by atoms with Crippen LogP contribution in [0.3, 0.4) is 0 Å². The van der Waals surface area contributed by atoms with Crippen LogP contribution in [0.25, 0.3) is 0 Å². The van der Waals surface area contributed by atoms with Gasteiger partial charge >= 0.3 is 0 Å². The molecule has 0 saturated carbocycles. The van der Waals surface area contributed by atoms with Crippen molar-refractivity contribution in [3.05, 3.63) is 29.8 Å². The Hall–Kier alpha value is -1.05. The number of halogens is 1. The van der Waals surface area contributed by atoms with Gasteiger partial charge in [-0.3, -0.25) is 0 Å². The molecule has 0 aliphatic rings. The molecule has 0 aromatic heterocycles. The van der Waals surface area contributed by atoms with Crippen LogP contribution >= 0.6 is 0 Å². The van der Waals surface area contributed by atoms with Crippen LogP contribution in [0.2, 0.25) is 0 Å². The van der Waals surface area contributed by atoms with Crippen LogP contribution in [0.4, 0.5) is 4.39 Å². The van der Waals surface area contributed by atoms with Crippen LogP contribution < -0.4 is 4.74 Å². The SMILES string of the molecule is CC(C)COc1cccc(C(C)(C)F)c1. The van der Waals surface area contributed by atoms with E-state index in [1.807, 2.05) is 12.1 Å². The smallest absolute Gasteiger partial charge is 0.130 e. The van der Waals surface area contributed by atoms with E-state index in [4.69, 9.17) is 4.74 Å². The van der Waals surface area contributed by atoms with Gasteiger partial charge in [-0.1, -0.05) is 26.0 Å². The maximum atomic E-state index is 13.6. The first-order valence-corrected chi connectivity index (χ1v) is 5.32. The highest BCUT2D eigenvalue weighted by Gasteiger charge is 2.18. The van der Waals surface area contributed by atoms with Crippen molar-refractivity contribution in [2.75, 3.05) is 6.61 Å². The molecule has 84 valence electrons. The molecule has 0 aliphatic heterocycles. The summed E-state index contributed by atoms with van der Waals surface area (Å²) in [4.78, 5) is 0. The van der Waals surface area contributed by atoms with Gasteiger partial charge < -0.3 is 4.74 Å². The topological polar surface area (TPSA) is 9.23 Å². The van der Waals surface area contributed by atoms with Crippen molar-refractivity contribution >= 4 is 0 Å². The summed E-state index contributed by atoms with van der Waals surface area (Å²) in [6.45, 7) is 7.94. The fraction of sp³-hybridized carbons (Fsp3) is 0.538. The van der Waals surface area contributed by atoms with Crippen molar-refractivity contribution in [2.45, 2.75) is 33.4 Å². The molecule has 0 N–H and O–H groups in total. The molecular formula is C13H19FO. The van der Waals surface area contributed by atoms with Crippen LogP contribution in [0.1, 0.15) is 33.3 Å². The van der Waals surface area contributed by atoms with E-state index in [1.165, 1.54) is 0 Å². The third-order valence-corrected chi connectivity index (χ3v) is 2.10. The van der Waals surface area contributed by atoms with E-state index in [0.717, 1.165) is 5.75 Å². The Morgan fingerprint density at radius 3 is 2.53 bits per heavy atom. The van der Waals surface area contributed by atoms with Crippen molar-refractivity contribution in [3.8, 4) is 5.75 Å². The third-order valence-electron chi connectivity index (χ3n) is 2.10. The Morgan fingerprint density at radius 2 is 2.00 bits per heavy atom. The lowest BCUT2D eigenvalue weighted by molar-refractivity contribution is 0.219. The second kappa shape index (κ2) is 4.65. The van der Waals surface area contributed by atoms with E-state index in [-0.39, 0.29) is 0 Å². The number of hydrogen-bond acceptors (Lipinski definition) is 1. The number of hydrogen-bond donors (Lipinski definition) is 0. The maximum absolute atomic E-state index is 13.6.